The monoisotopic (exact) mass is 265 g/mol. The van der Waals surface area contributed by atoms with E-state index in [4.69, 9.17) is 5.73 Å². The molecule has 0 radical (unpaired) electrons. The Hall–Kier alpha value is -0.970. The zero-order valence-electron chi connectivity index (χ0n) is 12.0. The molecule has 3 unspecified atom stereocenters. The van der Waals surface area contributed by atoms with Crippen LogP contribution in [0.15, 0.2) is 24.3 Å². The Kier molecular flexibility index (Phi) is 4.55. The van der Waals surface area contributed by atoms with Gasteiger partial charge in [-0.15, -0.1) is 0 Å². The predicted octanol–water partition coefficient (Wildman–Crippen LogP) is 1.85. The third-order valence-electron chi connectivity index (χ3n) is 3.96. The largest absolute Gasteiger partial charge is 0.326 e. The molecule has 19 heavy (non-hydrogen) atoms. The first-order valence-electron chi connectivity index (χ1n) is 6.95. The van der Waals surface area contributed by atoms with Crippen molar-refractivity contribution in [2.75, 3.05) is 26.7 Å². The maximum atomic E-state index is 14.1. The highest BCUT2D eigenvalue weighted by molar-refractivity contribution is 5.23. The van der Waals surface area contributed by atoms with Crippen LogP contribution in [-0.2, 0) is 0 Å². The maximum absolute atomic E-state index is 14.1. The van der Waals surface area contributed by atoms with Crippen LogP contribution in [0, 0.1) is 5.82 Å². The van der Waals surface area contributed by atoms with E-state index in [9.17, 15) is 4.39 Å². The summed E-state index contributed by atoms with van der Waals surface area (Å²) in [7, 11) is 2.12. The lowest BCUT2D eigenvalue weighted by atomic mass is 9.96. The smallest absolute Gasteiger partial charge is 0.128 e. The van der Waals surface area contributed by atoms with Gasteiger partial charge in [-0.1, -0.05) is 18.2 Å². The molecule has 2 rings (SSSR count). The van der Waals surface area contributed by atoms with E-state index in [-0.39, 0.29) is 17.9 Å². The zero-order chi connectivity index (χ0) is 14.0. The number of nitrogens with zero attached hydrogens (tertiary/aromatic N) is 2. The molecule has 3 atom stereocenters. The first kappa shape index (κ1) is 14.4. The van der Waals surface area contributed by atoms with Gasteiger partial charge in [0.1, 0.15) is 5.82 Å². The molecule has 1 aromatic carbocycles. The highest BCUT2D eigenvalue weighted by Crippen LogP contribution is 2.29. The van der Waals surface area contributed by atoms with Crippen molar-refractivity contribution < 1.29 is 4.39 Å². The topological polar surface area (TPSA) is 32.5 Å². The number of likely N-dealkylation sites (N-methyl/N-ethyl adjacent to an activating group) is 1. The van der Waals surface area contributed by atoms with Crippen LogP contribution in [0.25, 0.3) is 0 Å². The number of benzene rings is 1. The molecule has 1 fully saturated rings. The molecular weight excluding hydrogens is 241 g/mol. The van der Waals surface area contributed by atoms with Gasteiger partial charge >= 0.3 is 0 Å². The van der Waals surface area contributed by atoms with E-state index in [0.717, 1.165) is 19.6 Å². The molecule has 1 heterocycles. The molecule has 0 saturated carbocycles. The van der Waals surface area contributed by atoms with E-state index < -0.39 is 0 Å². The molecule has 0 bridgehead atoms. The van der Waals surface area contributed by atoms with Crippen LogP contribution >= 0.6 is 0 Å². The van der Waals surface area contributed by atoms with Gasteiger partial charge in [0.15, 0.2) is 0 Å². The Balaban J connectivity index is 2.28. The molecule has 0 spiro atoms. The van der Waals surface area contributed by atoms with E-state index in [1.165, 1.54) is 6.07 Å². The van der Waals surface area contributed by atoms with Gasteiger partial charge in [0.25, 0.3) is 0 Å². The lowest BCUT2D eigenvalue weighted by Crippen LogP contribution is -2.54. The normalized spacial score (nSPS) is 25.2. The third kappa shape index (κ3) is 3.14. The fourth-order valence-corrected chi connectivity index (χ4v) is 3.05. The zero-order valence-corrected chi connectivity index (χ0v) is 12.0. The van der Waals surface area contributed by atoms with Crippen molar-refractivity contribution in [3.8, 4) is 0 Å². The van der Waals surface area contributed by atoms with Gasteiger partial charge in [-0.2, -0.15) is 0 Å². The van der Waals surface area contributed by atoms with Gasteiger partial charge in [0.05, 0.1) is 6.04 Å². The van der Waals surface area contributed by atoms with Crippen LogP contribution in [0.3, 0.4) is 0 Å². The number of hydrogen-bond acceptors (Lipinski definition) is 3. The lowest BCUT2D eigenvalue weighted by molar-refractivity contribution is 0.0507. The van der Waals surface area contributed by atoms with Crippen molar-refractivity contribution in [3.63, 3.8) is 0 Å². The van der Waals surface area contributed by atoms with Gasteiger partial charge in [0, 0.05) is 37.3 Å². The van der Waals surface area contributed by atoms with E-state index >= 15 is 0 Å². The number of piperazine rings is 1. The summed E-state index contributed by atoms with van der Waals surface area (Å²) >= 11 is 0. The first-order valence-corrected chi connectivity index (χ1v) is 6.95. The van der Waals surface area contributed by atoms with Gasteiger partial charge in [-0.25, -0.2) is 4.39 Å². The summed E-state index contributed by atoms with van der Waals surface area (Å²) in [5.41, 5.74) is 6.86. The quantitative estimate of drug-likeness (QED) is 0.905. The maximum Gasteiger partial charge on any atom is 0.128 e. The minimum absolute atomic E-state index is 0.0510. The molecule has 1 aliphatic rings. The van der Waals surface area contributed by atoms with Crippen molar-refractivity contribution in [3.05, 3.63) is 35.6 Å². The molecule has 2 N–H and O–H groups in total. The summed E-state index contributed by atoms with van der Waals surface area (Å²) < 4.78 is 14.1. The second-order valence-electron chi connectivity index (χ2n) is 5.67. The summed E-state index contributed by atoms with van der Waals surface area (Å²) in [6, 6.07) is 7.22. The minimum Gasteiger partial charge on any atom is -0.326 e. The number of rotatable bonds is 3. The van der Waals surface area contributed by atoms with Crippen molar-refractivity contribution >= 4 is 0 Å². The van der Waals surface area contributed by atoms with Crippen LogP contribution in [0.5, 0.6) is 0 Å². The number of hydrogen-bond donors (Lipinski definition) is 1. The highest BCUT2D eigenvalue weighted by atomic mass is 19.1. The molecule has 1 aliphatic heterocycles. The lowest BCUT2D eigenvalue weighted by Gasteiger charge is -2.44. The van der Waals surface area contributed by atoms with Gasteiger partial charge in [0.2, 0.25) is 0 Å². The van der Waals surface area contributed by atoms with E-state index in [0.29, 0.717) is 11.6 Å². The second kappa shape index (κ2) is 5.99. The molecule has 3 nitrogen and oxygen atoms in total. The third-order valence-corrected chi connectivity index (χ3v) is 3.96. The molecular formula is C15H24FN3. The van der Waals surface area contributed by atoms with Crippen LogP contribution in [-0.4, -0.2) is 48.6 Å². The summed E-state index contributed by atoms with van der Waals surface area (Å²) in [5, 5.41) is 0. The fraction of sp³-hybridized carbons (Fsp3) is 0.600. The van der Waals surface area contributed by atoms with Crippen LogP contribution in [0.4, 0.5) is 4.39 Å². The van der Waals surface area contributed by atoms with E-state index in [2.05, 4.69) is 23.8 Å². The van der Waals surface area contributed by atoms with Gasteiger partial charge in [-0.3, -0.25) is 4.90 Å². The van der Waals surface area contributed by atoms with E-state index in [1.807, 2.05) is 19.1 Å². The molecule has 0 aliphatic carbocycles. The Bertz CT molecular complexity index is 422. The molecule has 106 valence electrons. The van der Waals surface area contributed by atoms with E-state index in [1.54, 1.807) is 6.07 Å². The predicted molar refractivity (Wildman–Crippen MR) is 76.5 cm³/mol. The summed E-state index contributed by atoms with van der Waals surface area (Å²) in [4.78, 5) is 4.64. The standard InChI is InChI=1S/C15H24FN3/c1-11-10-18(3)8-9-19(11)15(12(2)17)13-6-4-5-7-14(13)16/h4-7,11-12,15H,8-10,17H2,1-3H3. The summed E-state index contributed by atoms with van der Waals surface area (Å²) in [5.74, 6) is -0.157. The summed E-state index contributed by atoms with van der Waals surface area (Å²) in [6.45, 7) is 7.08. The Morgan fingerprint density at radius 2 is 2.00 bits per heavy atom. The Morgan fingerprint density at radius 1 is 1.32 bits per heavy atom. The van der Waals surface area contributed by atoms with Crippen LogP contribution in [0.1, 0.15) is 25.5 Å². The van der Waals surface area contributed by atoms with Crippen molar-refractivity contribution in [1.29, 1.82) is 0 Å². The minimum atomic E-state index is -0.157. The molecule has 1 saturated heterocycles. The molecule has 4 heteroatoms. The number of halogens is 1. The van der Waals surface area contributed by atoms with Crippen LogP contribution in [0.2, 0.25) is 0 Å². The average molecular weight is 265 g/mol. The second-order valence-corrected chi connectivity index (χ2v) is 5.67. The van der Waals surface area contributed by atoms with Gasteiger partial charge in [-0.05, 0) is 27.0 Å². The Morgan fingerprint density at radius 3 is 2.58 bits per heavy atom. The van der Waals surface area contributed by atoms with Gasteiger partial charge < -0.3 is 10.6 Å². The van der Waals surface area contributed by atoms with Crippen LogP contribution < -0.4 is 5.73 Å². The SMILES string of the molecule is CC(N)C(c1ccccc1F)N1CCN(C)CC1C. The number of nitrogens with two attached hydrogens (primary N) is 1. The van der Waals surface area contributed by atoms with Crippen molar-refractivity contribution in [1.82, 2.24) is 9.80 Å². The average Bonchev–Trinajstić information content (AvgIpc) is 2.34. The van der Waals surface area contributed by atoms with Crippen molar-refractivity contribution in [2.45, 2.75) is 32.0 Å². The fourth-order valence-electron chi connectivity index (χ4n) is 3.05. The molecule has 0 aromatic heterocycles. The highest BCUT2D eigenvalue weighted by Gasteiger charge is 2.32. The first-order chi connectivity index (χ1) is 9.00. The molecule has 0 amide bonds. The van der Waals surface area contributed by atoms with Crippen molar-refractivity contribution in [2.24, 2.45) is 5.73 Å². The Labute approximate surface area is 115 Å². The molecule has 1 aromatic rings. The summed E-state index contributed by atoms with van der Waals surface area (Å²) in [6.07, 6.45) is 0.